The second kappa shape index (κ2) is 6.03. The number of hydrogen-bond acceptors (Lipinski definition) is 2. The van der Waals surface area contributed by atoms with Gasteiger partial charge in [0.2, 0.25) is 0 Å². The lowest BCUT2D eigenvalue weighted by atomic mass is 10.1. The SMILES string of the molecule is CCCCC(=Cc1ccc(O)c(F)c1)C(=O)O. The molecule has 0 bridgehead atoms. The van der Waals surface area contributed by atoms with Gasteiger partial charge in [-0.15, -0.1) is 0 Å². The summed E-state index contributed by atoms with van der Waals surface area (Å²) in [5.74, 6) is -2.18. The van der Waals surface area contributed by atoms with E-state index in [1.807, 2.05) is 6.92 Å². The van der Waals surface area contributed by atoms with Gasteiger partial charge >= 0.3 is 5.97 Å². The van der Waals surface area contributed by atoms with E-state index in [-0.39, 0.29) is 5.57 Å². The van der Waals surface area contributed by atoms with E-state index in [1.54, 1.807) is 0 Å². The molecule has 92 valence electrons. The molecule has 0 aliphatic heterocycles. The van der Waals surface area contributed by atoms with Crippen molar-refractivity contribution in [2.45, 2.75) is 26.2 Å². The quantitative estimate of drug-likeness (QED) is 0.774. The third-order valence-corrected chi connectivity index (χ3v) is 2.39. The van der Waals surface area contributed by atoms with Crippen LogP contribution in [-0.4, -0.2) is 16.2 Å². The molecule has 0 radical (unpaired) electrons. The molecular formula is C13H15FO3. The minimum Gasteiger partial charge on any atom is -0.505 e. The maximum Gasteiger partial charge on any atom is 0.331 e. The molecule has 1 aromatic carbocycles. The van der Waals surface area contributed by atoms with Crippen LogP contribution in [0.3, 0.4) is 0 Å². The molecule has 4 heteroatoms. The van der Waals surface area contributed by atoms with Gasteiger partial charge in [0.25, 0.3) is 0 Å². The normalized spacial score (nSPS) is 11.5. The number of benzene rings is 1. The molecule has 0 spiro atoms. The summed E-state index contributed by atoms with van der Waals surface area (Å²) in [4.78, 5) is 11.0. The van der Waals surface area contributed by atoms with E-state index in [2.05, 4.69) is 0 Å². The van der Waals surface area contributed by atoms with E-state index in [0.29, 0.717) is 12.0 Å². The average molecular weight is 238 g/mol. The number of halogens is 1. The van der Waals surface area contributed by atoms with Crippen molar-refractivity contribution < 1.29 is 19.4 Å². The maximum absolute atomic E-state index is 13.1. The van der Waals surface area contributed by atoms with E-state index < -0.39 is 17.5 Å². The summed E-state index contributed by atoms with van der Waals surface area (Å²) in [7, 11) is 0. The minimum atomic E-state index is -0.994. The molecule has 0 unspecified atom stereocenters. The average Bonchev–Trinajstić information content (AvgIpc) is 2.28. The van der Waals surface area contributed by atoms with Crippen molar-refractivity contribution in [1.29, 1.82) is 0 Å². The first-order valence-electron chi connectivity index (χ1n) is 5.47. The molecule has 0 saturated heterocycles. The van der Waals surface area contributed by atoms with Gasteiger partial charge < -0.3 is 10.2 Å². The fourth-order valence-electron chi connectivity index (χ4n) is 1.42. The van der Waals surface area contributed by atoms with E-state index in [9.17, 15) is 9.18 Å². The lowest BCUT2D eigenvalue weighted by Crippen LogP contribution is -2.00. The highest BCUT2D eigenvalue weighted by molar-refractivity contribution is 5.92. The molecule has 1 aromatic rings. The van der Waals surface area contributed by atoms with Gasteiger partial charge in [-0.25, -0.2) is 9.18 Å². The van der Waals surface area contributed by atoms with Gasteiger partial charge in [0.15, 0.2) is 11.6 Å². The second-order valence-electron chi connectivity index (χ2n) is 3.79. The number of hydrogen-bond donors (Lipinski definition) is 2. The highest BCUT2D eigenvalue weighted by atomic mass is 19.1. The predicted octanol–water partition coefficient (Wildman–Crippen LogP) is 3.19. The van der Waals surface area contributed by atoms with Crippen LogP contribution in [0, 0.1) is 5.82 Å². The van der Waals surface area contributed by atoms with Crippen LogP contribution in [0.25, 0.3) is 6.08 Å². The van der Waals surface area contributed by atoms with Crippen molar-refractivity contribution in [3.63, 3.8) is 0 Å². The van der Waals surface area contributed by atoms with Gasteiger partial charge in [0, 0.05) is 5.57 Å². The summed E-state index contributed by atoms with van der Waals surface area (Å²) in [5.41, 5.74) is 0.686. The molecule has 0 saturated carbocycles. The van der Waals surface area contributed by atoms with Crippen LogP contribution in [-0.2, 0) is 4.79 Å². The van der Waals surface area contributed by atoms with Gasteiger partial charge in [-0.2, -0.15) is 0 Å². The maximum atomic E-state index is 13.1. The van der Waals surface area contributed by atoms with Crippen LogP contribution < -0.4 is 0 Å². The molecule has 2 N–H and O–H groups in total. The molecule has 0 atom stereocenters. The number of phenolic OH excluding ortho intramolecular Hbond substituents is 1. The van der Waals surface area contributed by atoms with Crippen molar-refractivity contribution in [3.8, 4) is 5.75 Å². The van der Waals surface area contributed by atoms with Gasteiger partial charge in [-0.05, 0) is 36.6 Å². The monoisotopic (exact) mass is 238 g/mol. The van der Waals surface area contributed by atoms with Gasteiger partial charge in [-0.3, -0.25) is 0 Å². The van der Waals surface area contributed by atoms with Crippen LogP contribution in [0.1, 0.15) is 31.7 Å². The lowest BCUT2D eigenvalue weighted by molar-refractivity contribution is -0.132. The van der Waals surface area contributed by atoms with Crippen LogP contribution in [0.15, 0.2) is 23.8 Å². The van der Waals surface area contributed by atoms with Crippen LogP contribution in [0.5, 0.6) is 5.75 Å². The van der Waals surface area contributed by atoms with Crippen molar-refractivity contribution in [3.05, 3.63) is 35.2 Å². The Hall–Kier alpha value is -1.84. The Kier molecular flexibility index (Phi) is 4.69. The Bertz CT molecular complexity index is 438. The van der Waals surface area contributed by atoms with Gasteiger partial charge in [0.1, 0.15) is 0 Å². The molecular weight excluding hydrogens is 223 g/mol. The summed E-state index contributed by atoms with van der Waals surface area (Å²) in [6.07, 6.45) is 3.56. The van der Waals surface area contributed by atoms with E-state index in [4.69, 9.17) is 10.2 Å². The first kappa shape index (κ1) is 13.2. The highest BCUT2D eigenvalue weighted by Crippen LogP contribution is 2.19. The van der Waals surface area contributed by atoms with E-state index in [1.165, 1.54) is 18.2 Å². The number of carboxylic acid groups (broad SMARTS) is 1. The van der Waals surface area contributed by atoms with E-state index in [0.717, 1.165) is 18.9 Å². The predicted molar refractivity (Wildman–Crippen MR) is 63.2 cm³/mol. The summed E-state index contributed by atoms with van der Waals surface area (Å²) in [6.45, 7) is 1.97. The standard InChI is InChI=1S/C13H15FO3/c1-2-3-4-10(13(16)17)7-9-5-6-12(15)11(14)8-9/h5-8,15H,2-4H2,1H3,(H,16,17). The minimum absolute atomic E-state index is 0.247. The topological polar surface area (TPSA) is 57.5 Å². The second-order valence-corrected chi connectivity index (χ2v) is 3.79. The molecule has 0 aliphatic rings. The third kappa shape index (κ3) is 3.90. The fraction of sp³-hybridized carbons (Fsp3) is 0.308. The molecule has 1 rings (SSSR count). The Morgan fingerprint density at radius 2 is 2.18 bits per heavy atom. The van der Waals surface area contributed by atoms with E-state index >= 15 is 0 Å². The van der Waals surface area contributed by atoms with Crippen molar-refractivity contribution in [1.82, 2.24) is 0 Å². The zero-order valence-electron chi connectivity index (χ0n) is 9.61. The Balaban J connectivity index is 2.95. The highest BCUT2D eigenvalue weighted by Gasteiger charge is 2.07. The van der Waals surface area contributed by atoms with Crippen LogP contribution in [0.4, 0.5) is 4.39 Å². The Labute approximate surface area is 99.2 Å². The van der Waals surface area contributed by atoms with Crippen LogP contribution in [0.2, 0.25) is 0 Å². The number of phenols is 1. The molecule has 0 fully saturated rings. The van der Waals surface area contributed by atoms with Crippen LogP contribution >= 0.6 is 0 Å². The largest absolute Gasteiger partial charge is 0.505 e. The molecule has 0 aliphatic carbocycles. The number of aromatic hydroxyl groups is 1. The lowest BCUT2D eigenvalue weighted by Gasteiger charge is -2.02. The zero-order chi connectivity index (χ0) is 12.8. The summed E-state index contributed by atoms with van der Waals surface area (Å²) >= 11 is 0. The molecule has 0 heterocycles. The fourth-order valence-corrected chi connectivity index (χ4v) is 1.42. The van der Waals surface area contributed by atoms with Crippen molar-refractivity contribution >= 4 is 12.0 Å². The molecule has 3 nitrogen and oxygen atoms in total. The zero-order valence-corrected chi connectivity index (χ0v) is 9.61. The van der Waals surface area contributed by atoms with Crippen molar-refractivity contribution in [2.24, 2.45) is 0 Å². The molecule has 17 heavy (non-hydrogen) atoms. The van der Waals surface area contributed by atoms with Gasteiger partial charge in [-0.1, -0.05) is 19.4 Å². The number of rotatable bonds is 5. The molecule has 0 amide bonds. The smallest absolute Gasteiger partial charge is 0.331 e. The number of carboxylic acids is 1. The molecule has 0 aromatic heterocycles. The summed E-state index contributed by atoms with van der Waals surface area (Å²) in [6, 6.07) is 3.80. The van der Waals surface area contributed by atoms with Crippen molar-refractivity contribution in [2.75, 3.05) is 0 Å². The summed E-state index contributed by atoms with van der Waals surface area (Å²) < 4.78 is 13.1. The number of unbranched alkanes of at least 4 members (excludes halogenated alkanes) is 1. The Morgan fingerprint density at radius 3 is 2.71 bits per heavy atom. The first-order chi connectivity index (χ1) is 8.04. The summed E-state index contributed by atoms with van der Waals surface area (Å²) in [5, 5.41) is 18.0. The number of aliphatic carboxylic acids is 1. The third-order valence-electron chi connectivity index (χ3n) is 2.39. The Morgan fingerprint density at radius 1 is 1.47 bits per heavy atom. The van der Waals surface area contributed by atoms with Gasteiger partial charge in [0.05, 0.1) is 0 Å². The first-order valence-corrected chi connectivity index (χ1v) is 5.47. The number of carbonyl (C=O) groups is 1.